The Morgan fingerprint density at radius 1 is 0.444 bits per heavy atom. The molecule has 9 N–H and O–H groups in total. The van der Waals surface area contributed by atoms with E-state index in [1.54, 1.807) is 0 Å². The van der Waals surface area contributed by atoms with Crippen molar-refractivity contribution in [2.75, 3.05) is 24.7 Å². The molecular weight excluding hydrogens is 923 g/mol. The summed E-state index contributed by atoms with van der Waals surface area (Å²) in [6.07, 6.45) is 48.6. The van der Waals surface area contributed by atoms with Crippen molar-refractivity contribution in [3.63, 3.8) is 0 Å². The summed E-state index contributed by atoms with van der Waals surface area (Å²) in [5.74, 6) is -2.60. The number of thioether (sulfide) groups is 1. The molecule has 0 spiro atoms. The van der Waals surface area contributed by atoms with Gasteiger partial charge in [0.2, 0.25) is 11.8 Å². The molecule has 0 radical (unpaired) electrons. The summed E-state index contributed by atoms with van der Waals surface area (Å²) in [5, 5.41) is 59.0. The Balaban J connectivity index is 5.99. The van der Waals surface area contributed by atoms with Gasteiger partial charge in [0.1, 0.15) is 6.04 Å². The van der Waals surface area contributed by atoms with Crippen molar-refractivity contribution < 1.29 is 39.9 Å². The third kappa shape index (κ3) is 37.3. The number of nitrogens with two attached hydrogens (primary N) is 1. The lowest BCUT2D eigenvalue weighted by Gasteiger charge is -2.46. The highest BCUT2D eigenvalue weighted by Crippen LogP contribution is 2.38. The molecule has 0 aromatic heterocycles. The number of aliphatic carboxylic acids is 1. The molecule has 0 aliphatic rings. The molecule has 0 heterocycles. The number of carbonyl (C=O) groups excluding carboxylic acids is 2. The van der Waals surface area contributed by atoms with E-state index < -0.39 is 60.3 Å². The Labute approximate surface area is 447 Å². The fraction of sp³-hybridized carbons (Fsp3) is 0.950. The Morgan fingerprint density at radius 3 is 1.01 bits per heavy atom. The first-order valence-corrected chi connectivity index (χ1v) is 31.9. The first-order chi connectivity index (χ1) is 35.0. The molecule has 0 saturated heterocycles. The van der Waals surface area contributed by atoms with Crippen molar-refractivity contribution in [2.24, 2.45) is 5.73 Å². The van der Waals surface area contributed by atoms with Gasteiger partial charge >= 0.3 is 5.97 Å². The van der Waals surface area contributed by atoms with Crippen molar-refractivity contribution in [2.45, 2.75) is 339 Å². The highest BCUT2D eigenvalue weighted by molar-refractivity contribution is 7.99. The van der Waals surface area contributed by atoms with Gasteiger partial charge in [-0.3, -0.25) is 9.59 Å². The number of carboxylic acids is 1. The molecule has 72 heavy (non-hydrogen) atoms. The zero-order valence-electron chi connectivity index (χ0n) is 47.3. The molecule has 0 fully saturated rings. The van der Waals surface area contributed by atoms with Gasteiger partial charge in [0.05, 0.1) is 31.0 Å². The summed E-state index contributed by atoms with van der Waals surface area (Å²) < 4.78 is 0. The van der Waals surface area contributed by atoms with Crippen LogP contribution in [0.2, 0.25) is 0 Å². The predicted molar refractivity (Wildman–Crippen MR) is 306 cm³/mol. The molecule has 12 heteroatoms. The van der Waals surface area contributed by atoms with Crippen LogP contribution in [0.25, 0.3) is 0 Å². The van der Waals surface area contributed by atoms with Crippen LogP contribution in [0.5, 0.6) is 0 Å². The molecule has 0 bridgehead atoms. The lowest BCUT2D eigenvalue weighted by atomic mass is 9.70. The van der Waals surface area contributed by atoms with Crippen molar-refractivity contribution in [1.82, 2.24) is 10.6 Å². The number of hydrogen-bond donors (Lipinski definition) is 8. The first-order valence-electron chi connectivity index (χ1n) is 30.8. The Hall–Kier alpha value is -1.44. The minimum atomic E-state index is -2.04. The number of unbranched alkanes of at least 4 members (excludes halogenated alkanes) is 39. The Morgan fingerprint density at radius 2 is 0.736 bits per heavy atom. The van der Waals surface area contributed by atoms with Gasteiger partial charge in [-0.1, -0.05) is 290 Å². The van der Waals surface area contributed by atoms with Crippen molar-refractivity contribution in [1.29, 1.82) is 0 Å². The van der Waals surface area contributed by atoms with Gasteiger partial charge in [-0.05, 0) is 19.3 Å². The fourth-order valence-corrected chi connectivity index (χ4v) is 11.3. The number of nitrogens with one attached hydrogen (secondary N) is 2. The van der Waals surface area contributed by atoms with Gasteiger partial charge in [-0.15, -0.1) is 0 Å². The molecule has 0 aromatic carbocycles. The minimum Gasteiger partial charge on any atom is -0.479 e. The molecule has 11 nitrogen and oxygen atoms in total. The lowest BCUT2D eigenvalue weighted by molar-refractivity contribution is -0.167. The highest BCUT2D eigenvalue weighted by Gasteiger charge is 2.56. The number of aliphatic hydroxyl groups excluding tert-OH is 3. The number of hydrogen-bond acceptors (Lipinski definition) is 9. The molecule has 0 saturated carbocycles. The number of carbonyl (C=O) groups is 3. The standard InChI is InChI=1S/C60H119N3O8S/c1-4-7-10-13-16-19-22-25-28-31-34-37-40-43-46-59(71,47-44-41-38-35-32-29-26-23-20-17-14-11-8-5-2)60(58(69)70,48-45-42-39-36-33-30-27-24-21-18-15-12-9-6-3)63-57(68)55(50-65)62-56(67)54(61)52-72-51-53(66)49-64/h53-55,64-66,71H,4-52,61H2,1-3H3,(H,62,67)(H,63,68)(H,69,70). The van der Waals surface area contributed by atoms with Crippen LogP contribution in [-0.2, 0) is 14.4 Å². The largest absolute Gasteiger partial charge is 0.479 e. The Kier molecular flexibility index (Phi) is 49.4. The molecule has 0 aliphatic carbocycles. The molecule has 0 aromatic rings. The third-order valence-electron chi connectivity index (χ3n) is 15.3. The second-order valence-electron chi connectivity index (χ2n) is 22.0. The lowest BCUT2D eigenvalue weighted by Crippen LogP contribution is -2.71. The summed E-state index contributed by atoms with van der Waals surface area (Å²) in [7, 11) is 0. The monoisotopic (exact) mass is 1040 g/mol. The third-order valence-corrected chi connectivity index (χ3v) is 16.5. The van der Waals surface area contributed by atoms with E-state index in [0.717, 1.165) is 64.2 Å². The number of rotatable bonds is 57. The predicted octanol–water partition coefficient (Wildman–Crippen LogP) is 14.2. The van der Waals surface area contributed by atoms with E-state index in [-0.39, 0.29) is 30.8 Å². The van der Waals surface area contributed by atoms with Gasteiger partial charge < -0.3 is 41.9 Å². The topological polar surface area (TPSA) is 202 Å². The zero-order chi connectivity index (χ0) is 53.2. The van der Waals surface area contributed by atoms with Crippen LogP contribution in [0, 0.1) is 0 Å². The average Bonchev–Trinajstić information content (AvgIpc) is 3.37. The van der Waals surface area contributed by atoms with Crippen LogP contribution in [0.3, 0.4) is 0 Å². The summed E-state index contributed by atoms with van der Waals surface area (Å²) in [5.41, 5.74) is 2.33. The highest BCUT2D eigenvalue weighted by atomic mass is 32.2. The van der Waals surface area contributed by atoms with Gasteiger partial charge in [-0.25, -0.2) is 4.79 Å². The first kappa shape index (κ1) is 70.6. The van der Waals surface area contributed by atoms with E-state index in [4.69, 9.17) is 10.8 Å². The summed E-state index contributed by atoms with van der Waals surface area (Å²) in [4.78, 5) is 41.3. The maximum Gasteiger partial charge on any atom is 0.332 e. The van der Waals surface area contributed by atoms with E-state index in [0.29, 0.717) is 19.3 Å². The SMILES string of the molecule is CCCCCCCCCCCCCCCCC(O)(CCCCCCCCCCCCCCCC)C(CCCCCCCCCCCCCCCC)(NC(=O)C(CO)NC(=O)C(N)CSCC(O)CO)C(=O)O. The van der Waals surface area contributed by atoms with Crippen LogP contribution < -0.4 is 16.4 Å². The van der Waals surface area contributed by atoms with E-state index in [1.165, 1.54) is 198 Å². The maximum atomic E-state index is 14.2. The fourth-order valence-electron chi connectivity index (χ4n) is 10.4. The summed E-state index contributed by atoms with van der Waals surface area (Å²) in [6.45, 7) is 5.55. The van der Waals surface area contributed by atoms with Crippen LogP contribution in [-0.4, -0.2) is 97.4 Å². The second kappa shape index (κ2) is 50.4. The molecule has 0 aliphatic heterocycles. The quantitative estimate of drug-likeness (QED) is 0.0271. The molecule has 428 valence electrons. The van der Waals surface area contributed by atoms with Crippen molar-refractivity contribution in [3.8, 4) is 0 Å². The van der Waals surface area contributed by atoms with E-state index in [9.17, 15) is 34.8 Å². The molecule has 4 unspecified atom stereocenters. The van der Waals surface area contributed by atoms with Crippen LogP contribution in [0.1, 0.15) is 310 Å². The molecule has 2 amide bonds. The van der Waals surface area contributed by atoms with Crippen LogP contribution in [0.4, 0.5) is 0 Å². The van der Waals surface area contributed by atoms with Crippen LogP contribution >= 0.6 is 11.8 Å². The second-order valence-corrected chi connectivity index (χ2v) is 23.1. The Bertz CT molecular complexity index is 1200. The number of carboxylic acid groups (broad SMARTS) is 1. The van der Waals surface area contributed by atoms with Gasteiger partial charge in [0.15, 0.2) is 5.54 Å². The average molecular weight is 1040 g/mol. The van der Waals surface area contributed by atoms with Crippen molar-refractivity contribution in [3.05, 3.63) is 0 Å². The van der Waals surface area contributed by atoms with Crippen LogP contribution in [0.15, 0.2) is 0 Å². The van der Waals surface area contributed by atoms with Crippen molar-refractivity contribution >= 4 is 29.5 Å². The van der Waals surface area contributed by atoms with Gasteiger partial charge in [0, 0.05) is 11.5 Å². The molecule has 4 atom stereocenters. The minimum absolute atomic E-state index is 0.0369. The number of aliphatic hydroxyl groups is 4. The summed E-state index contributed by atoms with van der Waals surface area (Å²) in [6, 6.07) is -2.57. The van der Waals surface area contributed by atoms with E-state index >= 15 is 0 Å². The van der Waals surface area contributed by atoms with Gasteiger partial charge in [0.25, 0.3) is 0 Å². The molecule has 0 rings (SSSR count). The molecular formula is C60H119N3O8S. The zero-order valence-corrected chi connectivity index (χ0v) is 48.1. The summed E-state index contributed by atoms with van der Waals surface area (Å²) >= 11 is 1.18. The number of amides is 2. The maximum absolute atomic E-state index is 14.2. The normalized spacial score (nSPS) is 14.0. The van der Waals surface area contributed by atoms with Gasteiger partial charge in [-0.2, -0.15) is 11.8 Å². The van der Waals surface area contributed by atoms with E-state index in [1.807, 2.05) is 0 Å². The smallest absolute Gasteiger partial charge is 0.332 e. The van der Waals surface area contributed by atoms with E-state index in [2.05, 4.69) is 31.4 Å².